The van der Waals surface area contributed by atoms with Gasteiger partial charge in [-0.25, -0.2) is 22.9 Å². The van der Waals surface area contributed by atoms with E-state index in [2.05, 4.69) is 15.3 Å². The zero-order valence-electron chi connectivity index (χ0n) is 21.2. The largest absolute Gasteiger partial charge is 0.493 e. The number of hydrogen-bond acceptors (Lipinski definition) is 6. The Kier molecular flexibility index (Phi) is 7.31. The number of halogens is 3. The van der Waals surface area contributed by atoms with Gasteiger partial charge < -0.3 is 24.9 Å². The van der Waals surface area contributed by atoms with Crippen LogP contribution in [0.25, 0.3) is 11.0 Å². The van der Waals surface area contributed by atoms with Gasteiger partial charge in [0.05, 0.1) is 38.7 Å². The molecule has 0 saturated carbocycles. The quantitative estimate of drug-likeness (QED) is 0.272. The van der Waals surface area contributed by atoms with Crippen LogP contribution in [0, 0.1) is 17.5 Å². The van der Waals surface area contributed by atoms with Crippen LogP contribution in [-0.2, 0) is 13.0 Å². The number of methoxy groups -OCH3 is 2. The molecule has 0 atom stereocenters. The summed E-state index contributed by atoms with van der Waals surface area (Å²) in [7, 11) is 2.44. The van der Waals surface area contributed by atoms with Crippen LogP contribution in [0.3, 0.4) is 0 Å². The smallest absolute Gasteiger partial charge is 0.334 e. The average molecular weight is 542 g/mol. The molecule has 0 bridgehead atoms. The maximum Gasteiger partial charge on any atom is 0.334 e. The number of nitrogens with zero attached hydrogens (tertiary/aromatic N) is 3. The SMILES string of the molecule is COc1cc(OC)c(F)c(N2Cc3cnc4[nH]c(CCNCCO)cc4c3N(c3cccc(F)c3)C2=O)c1F. The van der Waals surface area contributed by atoms with Gasteiger partial charge in [0.15, 0.2) is 23.1 Å². The van der Waals surface area contributed by atoms with Crippen LogP contribution in [0.15, 0.2) is 42.6 Å². The molecule has 1 aliphatic rings. The van der Waals surface area contributed by atoms with Crippen molar-refractivity contribution in [1.82, 2.24) is 15.3 Å². The Morgan fingerprint density at radius 3 is 2.46 bits per heavy atom. The number of carbonyl (C=O) groups is 1. The molecule has 204 valence electrons. The molecule has 12 heteroatoms. The minimum absolute atomic E-state index is 0.0172. The molecular formula is C27H26F3N5O4. The van der Waals surface area contributed by atoms with Crippen molar-refractivity contribution in [2.75, 3.05) is 43.7 Å². The molecule has 0 saturated heterocycles. The van der Waals surface area contributed by atoms with Gasteiger partial charge in [-0.05, 0) is 24.3 Å². The van der Waals surface area contributed by atoms with Gasteiger partial charge >= 0.3 is 6.03 Å². The van der Waals surface area contributed by atoms with Crippen LogP contribution in [0.5, 0.6) is 11.5 Å². The first-order valence-electron chi connectivity index (χ1n) is 12.2. The lowest BCUT2D eigenvalue weighted by atomic mass is 10.1. The number of anilines is 3. The predicted octanol–water partition coefficient (Wildman–Crippen LogP) is 4.40. The molecule has 2 aromatic heterocycles. The van der Waals surface area contributed by atoms with Crippen molar-refractivity contribution in [1.29, 1.82) is 0 Å². The lowest BCUT2D eigenvalue weighted by Crippen LogP contribution is -2.46. The van der Waals surface area contributed by atoms with Crippen molar-refractivity contribution in [2.24, 2.45) is 0 Å². The second-order valence-corrected chi connectivity index (χ2v) is 8.85. The Bertz CT molecular complexity index is 1520. The lowest BCUT2D eigenvalue weighted by Gasteiger charge is -2.37. The lowest BCUT2D eigenvalue weighted by molar-refractivity contribution is 0.251. The first-order valence-corrected chi connectivity index (χ1v) is 12.2. The number of amides is 2. The topological polar surface area (TPSA) is 103 Å². The summed E-state index contributed by atoms with van der Waals surface area (Å²) in [4.78, 5) is 23.9. The molecule has 3 N–H and O–H groups in total. The Morgan fingerprint density at radius 1 is 1.05 bits per heavy atom. The zero-order chi connectivity index (χ0) is 27.7. The standard InChI is InChI=1S/C27H26F3N5O4/c1-38-20-12-21(39-2)23(30)25(22(20)29)34-14-15-13-32-26-19(11-17(33-26)6-7-31-8-9-36)24(15)35(27(34)37)18-5-3-4-16(28)10-18/h3-5,10-13,31,36H,6-9,14H2,1-2H3,(H,32,33). The monoisotopic (exact) mass is 541 g/mol. The second-order valence-electron chi connectivity index (χ2n) is 8.85. The number of fused-ring (bicyclic) bond motifs is 3. The Hall–Kier alpha value is -4.29. The summed E-state index contributed by atoms with van der Waals surface area (Å²) in [5, 5.41) is 12.7. The van der Waals surface area contributed by atoms with Crippen LogP contribution < -0.4 is 24.6 Å². The number of pyridine rings is 1. The summed E-state index contributed by atoms with van der Waals surface area (Å²) >= 11 is 0. The van der Waals surface area contributed by atoms with Crippen molar-refractivity contribution in [2.45, 2.75) is 13.0 Å². The molecule has 0 spiro atoms. The van der Waals surface area contributed by atoms with Crippen LogP contribution in [0.2, 0.25) is 0 Å². The molecule has 3 heterocycles. The van der Waals surface area contributed by atoms with Gasteiger partial charge in [-0.2, -0.15) is 0 Å². The Labute approximate surface area is 221 Å². The van der Waals surface area contributed by atoms with E-state index in [-0.39, 0.29) is 30.3 Å². The van der Waals surface area contributed by atoms with E-state index in [1.165, 1.54) is 49.6 Å². The summed E-state index contributed by atoms with van der Waals surface area (Å²) in [6, 6.07) is 7.48. The zero-order valence-corrected chi connectivity index (χ0v) is 21.2. The fourth-order valence-corrected chi connectivity index (χ4v) is 4.69. The van der Waals surface area contributed by atoms with Gasteiger partial charge in [-0.3, -0.25) is 9.80 Å². The summed E-state index contributed by atoms with van der Waals surface area (Å²) in [6.07, 6.45) is 2.10. The molecule has 5 rings (SSSR count). The van der Waals surface area contributed by atoms with Crippen molar-refractivity contribution < 1.29 is 32.5 Å². The highest BCUT2D eigenvalue weighted by atomic mass is 19.1. The van der Waals surface area contributed by atoms with Gasteiger partial charge in [0.2, 0.25) is 0 Å². The van der Waals surface area contributed by atoms with E-state index in [9.17, 15) is 9.18 Å². The maximum atomic E-state index is 15.5. The molecule has 0 radical (unpaired) electrons. The summed E-state index contributed by atoms with van der Waals surface area (Å²) in [6.45, 7) is 0.842. The third kappa shape index (κ3) is 4.72. The van der Waals surface area contributed by atoms with E-state index in [1.807, 2.05) is 6.07 Å². The normalized spacial score (nSPS) is 13.2. The maximum absolute atomic E-state index is 15.5. The minimum atomic E-state index is -1.08. The number of aromatic amines is 1. The molecule has 4 aromatic rings. The highest BCUT2D eigenvalue weighted by Crippen LogP contribution is 2.44. The molecule has 1 aliphatic heterocycles. The number of aliphatic hydroxyl groups excluding tert-OH is 1. The number of ether oxygens (including phenoxy) is 2. The van der Waals surface area contributed by atoms with Gasteiger partial charge in [0.1, 0.15) is 17.2 Å². The Morgan fingerprint density at radius 2 is 1.79 bits per heavy atom. The van der Waals surface area contributed by atoms with E-state index in [0.29, 0.717) is 41.8 Å². The van der Waals surface area contributed by atoms with Crippen molar-refractivity contribution >= 4 is 34.1 Å². The molecule has 9 nitrogen and oxygen atoms in total. The summed E-state index contributed by atoms with van der Waals surface area (Å²) in [5.41, 5.74) is 1.73. The predicted molar refractivity (Wildman–Crippen MR) is 139 cm³/mol. The number of hydrogen-bond donors (Lipinski definition) is 3. The molecule has 2 amide bonds. The van der Waals surface area contributed by atoms with Crippen molar-refractivity contribution in [3.05, 3.63) is 71.3 Å². The van der Waals surface area contributed by atoms with E-state index >= 15 is 8.78 Å². The van der Waals surface area contributed by atoms with E-state index < -0.39 is 29.2 Å². The first kappa shape index (κ1) is 26.3. The number of aliphatic hydroxyl groups is 1. The molecule has 39 heavy (non-hydrogen) atoms. The number of urea groups is 1. The molecular weight excluding hydrogens is 515 g/mol. The summed E-state index contributed by atoms with van der Waals surface area (Å²) < 4.78 is 55.4. The highest BCUT2D eigenvalue weighted by molar-refractivity contribution is 6.15. The van der Waals surface area contributed by atoms with Crippen LogP contribution >= 0.6 is 0 Å². The van der Waals surface area contributed by atoms with Crippen LogP contribution in [0.1, 0.15) is 11.3 Å². The number of rotatable bonds is 9. The highest BCUT2D eigenvalue weighted by Gasteiger charge is 2.38. The molecule has 0 fully saturated rings. The van der Waals surface area contributed by atoms with Gasteiger partial charge in [0, 0.05) is 48.4 Å². The number of benzene rings is 2. The summed E-state index contributed by atoms with van der Waals surface area (Å²) in [5.74, 6) is -3.37. The fraction of sp³-hybridized carbons (Fsp3) is 0.259. The second kappa shape index (κ2) is 10.8. The fourth-order valence-electron chi connectivity index (χ4n) is 4.69. The van der Waals surface area contributed by atoms with E-state index in [0.717, 1.165) is 16.7 Å². The Balaban J connectivity index is 1.68. The van der Waals surface area contributed by atoms with Crippen molar-refractivity contribution in [3.8, 4) is 11.5 Å². The number of aromatic nitrogens is 2. The van der Waals surface area contributed by atoms with Gasteiger partial charge in [-0.1, -0.05) is 6.07 Å². The van der Waals surface area contributed by atoms with Crippen molar-refractivity contribution in [3.63, 3.8) is 0 Å². The van der Waals surface area contributed by atoms with Crippen LogP contribution in [0.4, 0.5) is 35.0 Å². The van der Waals surface area contributed by atoms with E-state index in [4.69, 9.17) is 14.6 Å². The van der Waals surface area contributed by atoms with Gasteiger partial charge in [-0.15, -0.1) is 0 Å². The third-order valence-corrected chi connectivity index (χ3v) is 6.48. The van der Waals surface area contributed by atoms with Gasteiger partial charge in [0.25, 0.3) is 0 Å². The number of nitrogens with one attached hydrogen (secondary N) is 2. The minimum Gasteiger partial charge on any atom is -0.493 e. The number of carbonyl (C=O) groups excluding carboxylic acids is 1. The van der Waals surface area contributed by atoms with Crippen LogP contribution in [-0.4, -0.2) is 55.0 Å². The molecule has 2 aromatic carbocycles. The average Bonchev–Trinajstić information content (AvgIpc) is 3.35. The van der Waals surface area contributed by atoms with E-state index in [1.54, 1.807) is 0 Å². The number of H-pyrrole nitrogens is 1. The first-order chi connectivity index (χ1) is 18.9. The molecule has 0 unspecified atom stereocenters. The third-order valence-electron chi connectivity index (χ3n) is 6.48. The molecule has 0 aliphatic carbocycles.